The van der Waals surface area contributed by atoms with Gasteiger partial charge in [-0.2, -0.15) is 0 Å². The minimum Gasteiger partial charge on any atom is -0.322 e. The lowest BCUT2D eigenvalue weighted by Crippen LogP contribution is -2.12. The standard InChI is InChI=1S/C19H15FN2O/c1-13-2-4-14(5-3-13)15-10-16(12-21-11-15)19(23)22-18-8-6-17(20)7-9-18/h2-12H,1H3,(H,22,23). The van der Waals surface area contributed by atoms with Crippen LogP contribution in [0.3, 0.4) is 0 Å². The van der Waals surface area contributed by atoms with E-state index in [0.717, 1.165) is 11.1 Å². The van der Waals surface area contributed by atoms with Crippen molar-refractivity contribution in [3.05, 3.63) is 83.9 Å². The van der Waals surface area contributed by atoms with Crippen LogP contribution in [0.5, 0.6) is 0 Å². The Kier molecular flexibility index (Phi) is 4.15. The molecule has 0 bridgehead atoms. The SMILES string of the molecule is Cc1ccc(-c2cncc(C(=O)Nc3ccc(F)cc3)c2)cc1. The fraction of sp³-hybridized carbons (Fsp3) is 0.0526. The molecule has 1 amide bonds. The van der Waals surface area contributed by atoms with Gasteiger partial charge in [-0.05, 0) is 42.8 Å². The van der Waals surface area contributed by atoms with Crippen molar-refractivity contribution in [3.63, 3.8) is 0 Å². The van der Waals surface area contributed by atoms with Gasteiger partial charge < -0.3 is 5.32 Å². The van der Waals surface area contributed by atoms with Gasteiger partial charge in [0.2, 0.25) is 0 Å². The third kappa shape index (κ3) is 3.61. The van der Waals surface area contributed by atoms with E-state index in [0.29, 0.717) is 11.3 Å². The summed E-state index contributed by atoms with van der Waals surface area (Å²) in [6, 6.07) is 15.4. The number of carbonyl (C=O) groups excluding carboxylic acids is 1. The Bertz CT molecular complexity index is 827. The number of hydrogen-bond donors (Lipinski definition) is 1. The Labute approximate surface area is 133 Å². The largest absolute Gasteiger partial charge is 0.322 e. The van der Waals surface area contributed by atoms with Crippen molar-refractivity contribution in [1.82, 2.24) is 4.98 Å². The number of nitrogens with one attached hydrogen (secondary N) is 1. The third-order valence-electron chi connectivity index (χ3n) is 3.49. The quantitative estimate of drug-likeness (QED) is 0.777. The molecule has 1 N–H and O–H groups in total. The third-order valence-corrected chi connectivity index (χ3v) is 3.49. The Morgan fingerprint density at radius 3 is 2.35 bits per heavy atom. The summed E-state index contributed by atoms with van der Waals surface area (Å²) >= 11 is 0. The number of aryl methyl sites for hydroxylation is 1. The first kappa shape index (κ1) is 14.9. The number of rotatable bonds is 3. The number of anilines is 1. The summed E-state index contributed by atoms with van der Waals surface area (Å²) in [7, 11) is 0. The van der Waals surface area contributed by atoms with E-state index in [4.69, 9.17) is 0 Å². The molecule has 0 aliphatic carbocycles. The Hall–Kier alpha value is -3.01. The molecule has 1 aromatic heterocycles. The van der Waals surface area contributed by atoms with Crippen molar-refractivity contribution < 1.29 is 9.18 Å². The molecule has 0 radical (unpaired) electrons. The van der Waals surface area contributed by atoms with Crippen LogP contribution in [0, 0.1) is 12.7 Å². The lowest BCUT2D eigenvalue weighted by atomic mass is 10.0. The minimum atomic E-state index is -0.342. The lowest BCUT2D eigenvalue weighted by molar-refractivity contribution is 0.102. The first-order valence-electron chi connectivity index (χ1n) is 7.21. The molecule has 0 unspecified atom stereocenters. The molecule has 0 fully saturated rings. The molecule has 0 atom stereocenters. The summed E-state index contributed by atoms with van der Waals surface area (Å²) < 4.78 is 12.9. The summed E-state index contributed by atoms with van der Waals surface area (Å²) in [5, 5.41) is 2.73. The molecular formula is C19H15FN2O. The van der Waals surface area contributed by atoms with Crippen molar-refractivity contribution in [2.45, 2.75) is 6.92 Å². The van der Waals surface area contributed by atoms with Crippen LogP contribution in [-0.4, -0.2) is 10.9 Å². The van der Waals surface area contributed by atoms with Crippen molar-refractivity contribution in [2.24, 2.45) is 0 Å². The van der Waals surface area contributed by atoms with Crippen LogP contribution in [0.25, 0.3) is 11.1 Å². The fourth-order valence-corrected chi connectivity index (χ4v) is 2.20. The second kappa shape index (κ2) is 6.40. The zero-order chi connectivity index (χ0) is 16.2. The summed E-state index contributed by atoms with van der Waals surface area (Å²) in [5.41, 5.74) is 4.03. The van der Waals surface area contributed by atoms with Crippen LogP contribution in [0.2, 0.25) is 0 Å². The zero-order valence-corrected chi connectivity index (χ0v) is 12.6. The minimum absolute atomic E-state index is 0.280. The predicted octanol–water partition coefficient (Wildman–Crippen LogP) is 4.45. The summed E-state index contributed by atoms with van der Waals surface area (Å²) in [4.78, 5) is 16.4. The van der Waals surface area contributed by atoms with Crippen molar-refractivity contribution in [2.75, 3.05) is 5.32 Å². The van der Waals surface area contributed by atoms with Gasteiger partial charge in [0.15, 0.2) is 0 Å². The molecule has 1 heterocycles. The van der Waals surface area contributed by atoms with E-state index in [-0.39, 0.29) is 11.7 Å². The molecule has 4 heteroatoms. The van der Waals surface area contributed by atoms with E-state index in [1.165, 1.54) is 36.0 Å². The highest BCUT2D eigenvalue weighted by molar-refractivity contribution is 6.04. The van der Waals surface area contributed by atoms with Gasteiger partial charge in [-0.25, -0.2) is 4.39 Å². The Morgan fingerprint density at radius 1 is 0.957 bits per heavy atom. The smallest absolute Gasteiger partial charge is 0.257 e. The van der Waals surface area contributed by atoms with Gasteiger partial charge in [0, 0.05) is 23.6 Å². The van der Waals surface area contributed by atoms with Crippen LogP contribution < -0.4 is 5.32 Å². The van der Waals surface area contributed by atoms with E-state index >= 15 is 0 Å². The van der Waals surface area contributed by atoms with Crippen LogP contribution >= 0.6 is 0 Å². The van der Waals surface area contributed by atoms with Gasteiger partial charge in [-0.3, -0.25) is 9.78 Å². The van der Waals surface area contributed by atoms with Crippen LogP contribution in [-0.2, 0) is 0 Å². The molecule has 3 nitrogen and oxygen atoms in total. The monoisotopic (exact) mass is 306 g/mol. The molecule has 2 aromatic carbocycles. The Morgan fingerprint density at radius 2 is 1.65 bits per heavy atom. The first-order valence-corrected chi connectivity index (χ1v) is 7.21. The van der Waals surface area contributed by atoms with Gasteiger partial charge in [-0.1, -0.05) is 29.8 Å². The molecule has 0 saturated carbocycles. The second-order valence-corrected chi connectivity index (χ2v) is 5.29. The number of aromatic nitrogens is 1. The number of amides is 1. The number of halogens is 1. The van der Waals surface area contributed by atoms with Crippen molar-refractivity contribution in [1.29, 1.82) is 0 Å². The highest BCUT2D eigenvalue weighted by atomic mass is 19.1. The number of hydrogen-bond acceptors (Lipinski definition) is 2. The number of carbonyl (C=O) groups is 1. The first-order chi connectivity index (χ1) is 11.1. The maximum atomic E-state index is 12.9. The molecule has 0 spiro atoms. The summed E-state index contributed by atoms with van der Waals surface area (Å²) in [5.74, 6) is -0.621. The highest BCUT2D eigenvalue weighted by Gasteiger charge is 2.08. The highest BCUT2D eigenvalue weighted by Crippen LogP contribution is 2.20. The molecule has 3 rings (SSSR count). The van der Waals surface area contributed by atoms with Gasteiger partial charge >= 0.3 is 0 Å². The van der Waals surface area contributed by atoms with Gasteiger partial charge in [0.25, 0.3) is 5.91 Å². The zero-order valence-electron chi connectivity index (χ0n) is 12.6. The predicted molar refractivity (Wildman–Crippen MR) is 88.8 cm³/mol. The average Bonchev–Trinajstić information content (AvgIpc) is 2.58. The molecule has 0 aliphatic heterocycles. The maximum Gasteiger partial charge on any atom is 0.257 e. The van der Waals surface area contributed by atoms with Crippen LogP contribution in [0.15, 0.2) is 67.0 Å². The van der Waals surface area contributed by atoms with Gasteiger partial charge in [0.05, 0.1) is 5.56 Å². The van der Waals surface area contributed by atoms with E-state index in [1.54, 1.807) is 12.3 Å². The van der Waals surface area contributed by atoms with Crippen LogP contribution in [0.1, 0.15) is 15.9 Å². The molecular weight excluding hydrogens is 291 g/mol. The van der Waals surface area contributed by atoms with Crippen molar-refractivity contribution in [3.8, 4) is 11.1 Å². The molecule has 114 valence electrons. The second-order valence-electron chi connectivity index (χ2n) is 5.29. The molecule has 3 aromatic rings. The summed E-state index contributed by atoms with van der Waals surface area (Å²) in [6.45, 7) is 2.02. The normalized spacial score (nSPS) is 10.3. The number of nitrogens with zero attached hydrogens (tertiary/aromatic N) is 1. The van der Waals surface area contributed by atoms with Gasteiger partial charge in [0.1, 0.15) is 5.82 Å². The molecule has 0 aliphatic rings. The summed E-state index contributed by atoms with van der Waals surface area (Å²) in [6.07, 6.45) is 3.23. The van der Waals surface area contributed by atoms with E-state index in [9.17, 15) is 9.18 Å². The topological polar surface area (TPSA) is 42.0 Å². The maximum absolute atomic E-state index is 12.9. The molecule has 23 heavy (non-hydrogen) atoms. The number of pyridine rings is 1. The van der Waals surface area contributed by atoms with E-state index in [1.807, 2.05) is 31.2 Å². The van der Waals surface area contributed by atoms with E-state index < -0.39 is 0 Å². The number of benzene rings is 2. The Balaban J connectivity index is 1.82. The van der Waals surface area contributed by atoms with Crippen LogP contribution in [0.4, 0.5) is 10.1 Å². The van der Waals surface area contributed by atoms with Crippen molar-refractivity contribution >= 4 is 11.6 Å². The van der Waals surface area contributed by atoms with Gasteiger partial charge in [-0.15, -0.1) is 0 Å². The fourth-order valence-electron chi connectivity index (χ4n) is 2.20. The average molecular weight is 306 g/mol. The lowest BCUT2D eigenvalue weighted by Gasteiger charge is -2.07. The molecule has 0 saturated heterocycles. The van der Waals surface area contributed by atoms with E-state index in [2.05, 4.69) is 10.3 Å².